The molecule has 0 fully saturated rings. The van der Waals surface area contributed by atoms with Crippen LogP contribution < -0.4 is 10.6 Å². The molecule has 0 nitrogen and oxygen atoms in total. The van der Waals surface area contributed by atoms with Crippen molar-refractivity contribution in [2.24, 2.45) is 0 Å². The third-order valence-corrected chi connectivity index (χ3v) is 10.9. The lowest BCUT2D eigenvalue weighted by Crippen LogP contribution is -2.15. The van der Waals surface area contributed by atoms with Gasteiger partial charge in [0.1, 0.15) is 0 Å². The van der Waals surface area contributed by atoms with Crippen molar-refractivity contribution in [2.45, 2.75) is 37.0 Å². The van der Waals surface area contributed by atoms with Gasteiger partial charge < -0.3 is 0 Å². The molecular formula is C38H24F12P2. The standard InChI is InChI=1S/C38H24F12P2/c39-35(40,41)25-13-26(36(42,43)44)16-29(15-25)51-19-23-11-9-21-5-1-3-7-31(21)33(23)34-24(12-10-22-6-2-4-8-32(22)34)20-52-30-17-27(37(45,46)47)14-28(18-30)38(48,49)50/h1-18,51-52H,19-20H2. The van der Waals surface area contributed by atoms with Gasteiger partial charge in [-0.25, -0.2) is 0 Å². The van der Waals surface area contributed by atoms with Gasteiger partial charge in [-0.1, -0.05) is 90.0 Å². The number of hydrogen-bond donors (Lipinski definition) is 0. The fourth-order valence-corrected chi connectivity index (χ4v) is 8.44. The Morgan fingerprint density at radius 1 is 0.365 bits per heavy atom. The molecule has 0 aliphatic carbocycles. The Morgan fingerprint density at radius 2 is 0.673 bits per heavy atom. The molecule has 0 bridgehead atoms. The number of fused-ring (bicyclic) bond motifs is 2. The quantitative estimate of drug-likeness (QED) is 0.112. The van der Waals surface area contributed by atoms with Crippen LogP contribution in [0.15, 0.2) is 109 Å². The van der Waals surface area contributed by atoms with Crippen LogP contribution in [0.2, 0.25) is 0 Å². The summed E-state index contributed by atoms with van der Waals surface area (Å²) < 4.78 is 164. The van der Waals surface area contributed by atoms with Crippen molar-refractivity contribution in [1.82, 2.24) is 0 Å². The number of hydrogen-bond acceptors (Lipinski definition) is 0. The van der Waals surface area contributed by atoms with Crippen molar-refractivity contribution in [1.29, 1.82) is 0 Å². The Labute approximate surface area is 292 Å². The fourth-order valence-electron chi connectivity index (χ4n) is 6.03. The van der Waals surface area contributed by atoms with Gasteiger partial charge in [0, 0.05) is 0 Å². The normalized spacial score (nSPS) is 13.4. The second-order valence-electron chi connectivity index (χ2n) is 11.9. The topological polar surface area (TPSA) is 0 Å². The predicted octanol–water partition coefficient (Wildman–Crippen LogP) is 12.7. The summed E-state index contributed by atoms with van der Waals surface area (Å²) in [6.45, 7) is 0. The van der Waals surface area contributed by atoms with Crippen LogP contribution in [-0.2, 0) is 37.0 Å². The van der Waals surface area contributed by atoms with E-state index in [1.54, 1.807) is 60.7 Å². The second kappa shape index (κ2) is 14.0. The first-order chi connectivity index (χ1) is 24.3. The molecule has 0 saturated carbocycles. The summed E-state index contributed by atoms with van der Waals surface area (Å²) in [5, 5.41) is 2.60. The van der Waals surface area contributed by atoms with E-state index >= 15 is 0 Å². The summed E-state index contributed by atoms with van der Waals surface area (Å²) in [5.74, 6) is 0. The second-order valence-corrected chi connectivity index (χ2v) is 14.5. The van der Waals surface area contributed by atoms with Crippen LogP contribution >= 0.6 is 17.2 Å². The van der Waals surface area contributed by atoms with Crippen molar-refractivity contribution in [2.75, 3.05) is 0 Å². The van der Waals surface area contributed by atoms with E-state index in [-0.39, 0.29) is 35.1 Å². The summed E-state index contributed by atoms with van der Waals surface area (Å²) in [6, 6.07) is 24.3. The SMILES string of the molecule is FC(F)(F)c1cc(PCc2ccc3ccccc3c2-c2c(CPc3cc(C(F)(F)F)cc(C(F)(F)F)c3)ccc3ccccc23)cc(C(F)(F)F)c1. The Bertz CT molecular complexity index is 2040. The molecule has 0 N–H and O–H groups in total. The molecule has 2 unspecified atom stereocenters. The van der Waals surface area contributed by atoms with Crippen LogP contribution in [-0.4, -0.2) is 0 Å². The monoisotopic (exact) mass is 770 g/mol. The van der Waals surface area contributed by atoms with Gasteiger partial charge in [-0.05, 0) is 103 Å². The van der Waals surface area contributed by atoms with E-state index in [0.717, 1.165) is 10.8 Å². The maximum atomic E-state index is 13.6. The molecule has 0 aliphatic heterocycles. The first-order valence-corrected chi connectivity index (χ1v) is 17.8. The van der Waals surface area contributed by atoms with E-state index in [0.29, 0.717) is 57.3 Å². The van der Waals surface area contributed by atoms with Gasteiger partial charge in [-0.15, -0.1) is 0 Å². The van der Waals surface area contributed by atoms with Gasteiger partial charge in [0.15, 0.2) is 0 Å². The highest BCUT2D eigenvalue weighted by Crippen LogP contribution is 2.44. The molecule has 0 aliphatic rings. The van der Waals surface area contributed by atoms with Gasteiger partial charge in [0.2, 0.25) is 0 Å². The Morgan fingerprint density at radius 3 is 0.981 bits per heavy atom. The highest BCUT2D eigenvalue weighted by Gasteiger charge is 2.38. The average Bonchev–Trinajstić information content (AvgIpc) is 3.07. The summed E-state index contributed by atoms with van der Waals surface area (Å²) in [6.07, 6.45) is -20.0. The Kier molecular flexibility index (Phi) is 10.1. The lowest BCUT2D eigenvalue weighted by molar-refractivity contribution is -0.144. The summed E-state index contributed by atoms with van der Waals surface area (Å²) in [5.41, 5.74) is -3.30. The molecule has 52 heavy (non-hydrogen) atoms. The number of rotatable bonds is 7. The molecule has 14 heteroatoms. The lowest BCUT2D eigenvalue weighted by Gasteiger charge is -2.20. The highest BCUT2D eigenvalue weighted by atomic mass is 31.1. The van der Waals surface area contributed by atoms with Crippen LogP contribution in [0.3, 0.4) is 0 Å². The van der Waals surface area contributed by atoms with Gasteiger partial charge in [-0.3, -0.25) is 0 Å². The molecular weight excluding hydrogens is 746 g/mol. The maximum absolute atomic E-state index is 13.6. The van der Waals surface area contributed by atoms with Crippen molar-refractivity contribution >= 4 is 49.3 Å². The van der Waals surface area contributed by atoms with Crippen LogP contribution in [0, 0.1) is 0 Å². The molecule has 2 atom stereocenters. The smallest absolute Gasteiger partial charge is 0.166 e. The molecule has 6 rings (SSSR count). The predicted molar refractivity (Wildman–Crippen MR) is 183 cm³/mol. The maximum Gasteiger partial charge on any atom is 0.416 e. The fraction of sp³-hybridized carbons (Fsp3) is 0.158. The summed E-state index contributed by atoms with van der Waals surface area (Å²) >= 11 is 0. The molecule has 0 radical (unpaired) electrons. The van der Waals surface area contributed by atoms with E-state index in [1.807, 2.05) is 12.1 Å². The third-order valence-electron chi connectivity index (χ3n) is 8.42. The average molecular weight is 771 g/mol. The first kappa shape index (κ1) is 37.6. The van der Waals surface area contributed by atoms with Crippen molar-refractivity contribution in [3.05, 3.63) is 143 Å². The van der Waals surface area contributed by atoms with Crippen LogP contribution in [0.4, 0.5) is 52.7 Å². The van der Waals surface area contributed by atoms with Gasteiger partial charge >= 0.3 is 24.7 Å². The van der Waals surface area contributed by atoms with Gasteiger partial charge in [0.05, 0.1) is 22.3 Å². The minimum atomic E-state index is -5.02. The van der Waals surface area contributed by atoms with Gasteiger partial charge in [-0.2, -0.15) is 52.7 Å². The Hall–Kier alpha value is -4.14. The molecule has 0 heterocycles. The zero-order valence-corrected chi connectivity index (χ0v) is 28.3. The first-order valence-electron chi connectivity index (χ1n) is 15.4. The van der Waals surface area contributed by atoms with Crippen molar-refractivity contribution < 1.29 is 52.7 Å². The number of benzene rings is 6. The molecule has 6 aromatic rings. The minimum absolute atomic E-state index is 0.0340. The van der Waals surface area contributed by atoms with E-state index in [9.17, 15) is 52.7 Å². The van der Waals surface area contributed by atoms with Gasteiger partial charge in [0.25, 0.3) is 0 Å². The number of halogens is 12. The number of alkyl halides is 12. The Balaban J connectivity index is 1.49. The molecule has 0 amide bonds. The third kappa shape index (κ3) is 8.24. The summed E-state index contributed by atoms with van der Waals surface area (Å²) in [4.78, 5) is 0. The van der Waals surface area contributed by atoms with Crippen LogP contribution in [0.5, 0.6) is 0 Å². The van der Waals surface area contributed by atoms with Crippen molar-refractivity contribution in [3.8, 4) is 11.1 Å². The largest absolute Gasteiger partial charge is 0.416 e. The molecule has 6 aromatic carbocycles. The van der Waals surface area contributed by atoms with Crippen LogP contribution in [0.25, 0.3) is 32.7 Å². The zero-order valence-electron chi connectivity index (χ0n) is 26.3. The van der Waals surface area contributed by atoms with Crippen molar-refractivity contribution in [3.63, 3.8) is 0 Å². The van der Waals surface area contributed by atoms with E-state index in [4.69, 9.17) is 0 Å². The molecule has 0 spiro atoms. The molecule has 0 aromatic heterocycles. The lowest BCUT2D eigenvalue weighted by atomic mass is 9.88. The van der Waals surface area contributed by atoms with E-state index in [2.05, 4.69) is 0 Å². The minimum Gasteiger partial charge on any atom is -0.166 e. The zero-order chi connectivity index (χ0) is 37.6. The molecule has 270 valence electrons. The van der Waals surface area contributed by atoms with E-state index < -0.39 is 64.1 Å². The van der Waals surface area contributed by atoms with Crippen LogP contribution in [0.1, 0.15) is 33.4 Å². The summed E-state index contributed by atoms with van der Waals surface area (Å²) in [7, 11) is -1.06. The molecule has 0 saturated heterocycles. The van der Waals surface area contributed by atoms with E-state index in [1.165, 1.54) is 0 Å². The highest BCUT2D eigenvalue weighted by molar-refractivity contribution is 7.46.